The van der Waals surface area contributed by atoms with E-state index in [9.17, 15) is 9.59 Å². The molecule has 2 heterocycles. The molecule has 0 saturated carbocycles. The third-order valence-electron chi connectivity index (χ3n) is 4.82. The van der Waals surface area contributed by atoms with Crippen LogP contribution in [-0.2, 0) is 9.59 Å². The Bertz CT molecular complexity index is 975. The van der Waals surface area contributed by atoms with Crippen LogP contribution in [0, 0.1) is 0 Å². The molecule has 0 bridgehead atoms. The molecule has 0 atom stereocenters. The highest BCUT2D eigenvalue weighted by Gasteiger charge is 2.28. The quantitative estimate of drug-likeness (QED) is 0.675. The molecule has 146 valence electrons. The van der Waals surface area contributed by atoms with Crippen molar-refractivity contribution in [2.75, 3.05) is 31.1 Å². The number of rotatable bonds is 5. The molecule has 1 aliphatic rings. The Balaban J connectivity index is 1.31. The van der Waals surface area contributed by atoms with E-state index in [0.29, 0.717) is 24.7 Å². The molecule has 1 aromatic heterocycles. The van der Waals surface area contributed by atoms with Gasteiger partial charge in [-0.15, -0.1) is 0 Å². The van der Waals surface area contributed by atoms with E-state index in [1.54, 1.807) is 23.2 Å². The van der Waals surface area contributed by atoms with E-state index in [1.807, 2.05) is 60.7 Å². The number of ether oxygens (including phenoxy) is 1. The predicted molar refractivity (Wildman–Crippen MR) is 111 cm³/mol. The van der Waals surface area contributed by atoms with Crippen LogP contribution in [0.4, 0.5) is 5.82 Å². The highest BCUT2D eigenvalue weighted by Crippen LogP contribution is 2.22. The Hall–Kier alpha value is -3.67. The summed E-state index contributed by atoms with van der Waals surface area (Å²) in [5.41, 5.74) is 2.21. The minimum absolute atomic E-state index is 0.0334. The summed E-state index contributed by atoms with van der Waals surface area (Å²) in [6.07, 6.45) is 1.65. The number of carbonyl (C=O) groups excluding carboxylic acids is 2. The van der Waals surface area contributed by atoms with Gasteiger partial charge >= 0.3 is 0 Å². The van der Waals surface area contributed by atoms with Crippen molar-refractivity contribution in [1.82, 2.24) is 9.88 Å². The maximum absolute atomic E-state index is 12.5. The van der Waals surface area contributed by atoms with E-state index in [2.05, 4.69) is 4.98 Å². The Labute approximate surface area is 169 Å². The zero-order valence-corrected chi connectivity index (χ0v) is 15.9. The van der Waals surface area contributed by atoms with Gasteiger partial charge in [-0.25, -0.2) is 4.98 Å². The van der Waals surface area contributed by atoms with Crippen molar-refractivity contribution in [2.45, 2.75) is 0 Å². The number of pyridine rings is 1. The summed E-state index contributed by atoms with van der Waals surface area (Å²) in [4.78, 5) is 32.2. The predicted octanol–water partition coefficient (Wildman–Crippen LogP) is 3.00. The van der Waals surface area contributed by atoms with Crippen LogP contribution in [0.15, 0.2) is 79.0 Å². The Morgan fingerprint density at radius 1 is 0.897 bits per heavy atom. The second-order valence-electron chi connectivity index (χ2n) is 6.73. The summed E-state index contributed by atoms with van der Waals surface area (Å²) in [7, 11) is 0. The van der Waals surface area contributed by atoms with E-state index in [4.69, 9.17) is 4.74 Å². The Morgan fingerprint density at radius 3 is 2.31 bits per heavy atom. The molecule has 4 rings (SSSR count). The molecule has 1 fully saturated rings. The normalized spacial score (nSPS) is 14.0. The fraction of sp³-hybridized carbons (Fsp3) is 0.174. The molecule has 1 aliphatic heterocycles. The van der Waals surface area contributed by atoms with Crippen LogP contribution in [0.2, 0.25) is 0 Å². The average molecular weight is 387 g/mol. The molecule has 0 unspecified atom stereocenters. The van der Waals surface area contributed by atoms with Crippen molar-refractivity contribution in [2.24, 2.45) is 0 Å². The largest absolute Gasteiger partial charge is 0.484 e. The van der Waals surface area contributed by atoms with Gasteiger partial charge < -0.3 is 9.64 Å². The Morgan fingerprint density at radius 2 is 1.62 bits per heavy atom. The SMILES string of the molecule is O=C(COc1ccc(-c2ccccc2)cc1)N1CCN(c2ccccn2)C(=O)C1. The van der Waals surface area contributed by atoms with E-state index in [1.165, 1.54) is 4.90 Å². The summed E-state index contributed by atoms with van der Waals surface area (Å²) in [6.45, 7) is 0.818. The third kappa shape index (κ3) is 4.43. The van der Waals surface area contributed by atoms with Crippen LogP contribution >= 0.6 is 0 Å². The van der Waals surface area contributed by atoms with Crippen LogP contribution in [0.25, 0.3) is 11.1 Å². The van der Waals surface area contributed by atoms with Gasteiger partial charge in [0.1, 0.15) is 18.1 Å². The number of benzene rings is 2. The van der Waals surface area contributed by atoms with Gasteiger partial charge in [0, 0.05) is 19.3 Å². The molecular formula is C23H21N3O3. The van der Waals surface area contributed by atoms with Crippen LogP contribution in [0.3, 0.4) is 0 Å². The lowest BCUT2D eigenvalue weighted by Crippen LogP contribution is -2.53. The van der Waals surface area contributed by atoms with Crippen molar-refractivity contribution in [3.05, 3.63) is 79.0 Å². The van der Waals surface area contributed by atoms with Gasteiger partial charge in [0.2, 0.25) is 5.91 Å². The molecule has 1 saturated heterocycles. The van der Waals surface area contributed by atoms with Gasteiger partial charge in [-0.1, -0.05) is 48.5 Å². The Kier molecular flexibility index (Phi) is 5.52. The first-order chi connectivity index (χ1) is 14.2. The molecule has 0 N–H and O–H groups in total. The molecule has 6 heteroatoms. The van der Waals surface area contributed by atoms with Crippen molar-refractivity contribution >= 4 is 17.6 Å². The topological polar surface area (TPSA) is 62.7 Å². The van der Waals surface area contributed by atoms with E-state index < -0.39 is 0 Å². The number of hydrogen-bond acceptors (Lipinski definition) is 4. The van der Waals surface area contributed by atoms with Gasteiger partial charge in [-0.05, 0) is 35.4 Å². The van der Waals surface area contributed by atoms with Crippen molar-refractivity contribution in [3.63, 3.8) is 0 Å². The van der Waals surface area contributed by atoms with Gasteiger partial charge in [0.25, 0.3) is 5.91 Å². The van der Waals surface area contributed by atoms with E-state index >= 15 is 0 Å². The average Bonchev–Trinajstić information content (AvgIpc) is 2.79. The smallest absolute Gasteiger partial charge is 0.261 e. The fourth-order valence-corrected chi connectivity index (χ4v) is 3.25. The number of hydrogen-bond donors (Lipinski definition) is 0. The minimum Gasteiger partial charge on any atom is -0.484 e. The number of anilines is 1. The first kappa shape index (κ1) is 18.7. The third-order valence-corrected chi connectivity index (χ3v) is 4.82. The van der Waals surface area contributed by atoms with E-state index in [-0.39, 0.29) is 25.0 Å². The molecule has 2 amide bonds. The summed E-state index contributed by atoms with van der Waals surface area (Å²) >= 11 is 0. The lowest BCUT2D eigenvalue weighted by Gasteiger charge is -2.33. The first-order valence-electron chi connectivity index (χ1n) is 9.48. The zero-order valence-electron chi connectivity index (χ0n) is 15.9. The number of nitrogens with zero attached hydrogens (tertiary/aromatic N) is 3. The molecule has 3 aromatic rings. The lowest BCUT2D eigenvalue weighted by molar-refractivity contribution is -0.138. The second-order valence-corrected chi connectivity index (χ2v) is 6.73. The highest BCUT2D eigenvalue weighted by molar-refractivity contribution is 5.97. The second kappa shape index (κ2) is 8.56. The summed E-state index contributed by atoms with van der Waals surface area (Å²) < 4.78 is 5.63. The molecule has 2 aromatic carbocycles. The molecule has 0 radical (unpaired) electrons. The van der Waals surface area contributed by atoms with Crippen LogP contribution in [0.5, 0.6) is 5.75 Å². The summed E-state index contributed by atoms with van der Waals surface area (Å²) in [5.74, 6) is 0.887. The van der Waals surface area contributed by atoms with Crippen molar-refractivity contribution < 1.29 is 14.3 Å². The van der Waals surface area contributed by atoms with Crippen LogP contribution in [0.1, 0.15) is 0 Å². The van der Waals surface area contributed by atoms with Crippen LogP contribution < -0.4 is 9.64 Å². The van der Waals surface area contributed by atoms with Gasteiger partial charge in [0.15, 0.2) is 6.61 Å². The zero-order chi connectivity index (χ0) is 20.1. The number of piperazine rings is 1. The lowest BCUT2D eigenvalue weighted by atomic mass is 10.1. The number of amides is 2. The summed E-state index contributed by atoms with van der Waals surface area (Å²) in [6, 6.07) is 23.1. The molecular weight excluding hydrogens is 366 g/mol. The van der Waals surface area contributed by atoms with Gasteiger partial charge in [-0.2, -0.15) is 0 Å². The standard InChI is InChI=1S/C23H21N3O3/c27-22-16-25(14-15-26(22)21-8-4-5-13-24-21)23(28)17-29-20-11-9-19(10-12-20)18-6-2-1-3-7-18/h1-13H,14-17H2. The fourth-order valence-electron chi connectivity index (χ4n) is 3.25. The van der Waals surface area contributed by atoms with E-state index in [0.717, 1.165) is 11.1 Å². The molecule has 0 spiro atoms. The van der Waals surface area contributed by atoms with Crippen molar-refractivity contribution in [3.8, 4) is 16.9 Å². The minimum atomic E-state index is -0.203. The van der Waals surface area contributed by atoms with Crippen molar-refractivity contribution in [1.29, 1.82) is 0 Å². The number of carbonyl (C=O) groups is 2. The van der Waals surface area contributed by atoms with Crippen LogP contribution in [-0.4, -0.2) is 47.9 Å². The maximum atomic E-state index is 12.5. The molecule has 0 aliphatic carbocycles. The first-order valence-corrected chi connectivity index (χ1v) is 9.48. The maximum Gasteiger partial charge on any atom is 0.261 e. The highest BCUT2D eigenvalue weighted by atomic mass is 16.5. The summed E-state index contributed by atoms with van der Waals surface area (Å²) in [5, 5.41) is 0. The van der Waals surface area contributed by atoms with Gasteiger partial charge in [-0.3, -0.25) is 14.5 Å². The number of aromatic nitrogens is 1. The molecule has 6 nitrogen and oxygen atoms in total. The monoisotopic (exact) mass is 387 g/mol. The van der Waals surface area contributed by atoms with Gasteiger partial charge in [0.05, 0.1) is 0 Å². The molecule has 29 heavy (non-hydrogen) atoms.